The number of ketones is 1. The van der Waals surface area contributed by atoms with E-state index in [2.05, 4.69) is 5.32 Å². The number of nitrogens with two attached hydrogens (primary N) is 1. The molecule has 1 aromatic carbocycles. The van der Waals surface area contributed by atoms with Crippen molar-refractivity contribution in [3.05, 3.63) is 29.3 Å². The van der Waals surface area contributed by atoms with Gasteiger partial charge >= 0.3 is 0 Å². The van der Waals surface area contributed by atoms with Gasteiger partial charge in [0.25, 0.3) is 5.91 Å². The predicted molar refractivity (Wildman–Crippen MR) is 57.4 cm³/mol. The summed E-state index contributed by atoms with van der Waals surface area (Å²) in [6, 6.07) is 3.57. The number of Topliss-reactive ketones (excluding diaryl/α,β-unsaturated/α-hetero) is 1. The summed E-state index contributed by atoms with van der Waals surface area (Å²) < 4.78 is 0. The summed E-state index contributed by atoms with van der Waals surface area (Å²) in [5.74, 6) is -0.516. The molecule has 0 spiro atoms. The summed E-state index contributed by atoms with van der Waals surface area (Å²) in [7, 11) is 0. The van der Waals surface area contributed by atoms with Crippen molar-refractivity contribution in [1.29, 1.82) is 0 Å². The Labute approximate surface area is 92.3 Å². The van der Waals surface area contributed by atoms with Gasteiger partial charge in [-0.25, -0.2) is 0 Å². The van der Waals surface area contributed by atoms with Crippen molar-refractivity contribution in [2.24, 2.45) is 5.73 Å². The molecule has 84 valence electrons. The SMILES string of the molecule is NCC[C@@H]1NC(=O)c2ccc(O)cc2C1=O. The minimum atomic E-state index is -0.577. The number of phenols is 1. The van der Waals surface area contributed by atoms with E-state index in [1.54, 1.807) is 0 Å². The minimum absolute atomic E-state index is 0.0201. The summed E-state index contributed by atoms with van der Waals surface area (Å²) in [4.78, 5) is 23.6. The number of aromatic hydroxyl groups is 1. The Balaban J connectivity index is 2.44. The number of amides is 1. The van der Waals surface area contributed by atoms with Crippen molar-refractivity contribution in [2.45, 2.75) is 12.5 Å². The molecule has 4 N–H and O–H groups in total. The molecule has 1 aromatic rings. The van der Waals surface area contributed by atoms with E-state index in [0.29, 0.717) is 18.5 Å². The first-order valence-electron chi connectivity index (χ1n) is 5.01. The van der Waals surface area contributed by atoms with Crippen LogP contribution in [0, 0.1) is 0 Å². The Bertz CT molecular complexity index is 457. The van der Waals surface area contributed by atoms with Crippen LogP contribution in [0.4, 0.5) is 0 Å². The van der Waals surface area contributed by atoms with Crippen molar-refractivity contribution in [3.63, 3.8) is 0 Å². The Morgan fingerprint density at radius 1 is 1.31 bits per heavy atom. The molecule has 0 aliphatic carbocycles. The van der Waals surface area contributed by atoms with Crippen molar-refractivity contribution in [1.82, 2.24) is 5.32 Å². The summed E-state index contributed by atoms with van der Waals surface area (Å²) >= 11 is 0. The average Bonchev–Trinajstić information content (AvgIpc) is 2.25. The van der Waals surface area contributed by atoms with Gasteiger partial charge < -0.3 is 16.2 Å². The standard InChI is InChI=1S/C11H12N2O3/c12-4-3-9-10(15)8-5-6(14)1-2-7(8)11(16)13-9/h1-2,5,9,14H,3-4,12H2,(H,13,16)/t9-/m0/s1. The summed E-state index contributed by atoms with van der Waals surface area (Å²) in [5, 5.41) is 11.9. The lowest BCUT2D eigenvalue weighted by atomic mass is 9.92. The number of rotatable bonds is 2. The van der Waals surface area contributed by atoms with E-state index < -0.39 is 6.04 Å². The number of hydrogen-bond donors (Lipinski definition) is 3. The smallest absolute Gasteiger partial charge is 0.252 e. The van der Waals surface area contributed by atoms with E-state index in [4.69, 9.17) is 5.73 Å². The van der Waals surface area contributed by atoms with E-state index in [-0.39, 0.29) is 23.0 Å². The number of carbonyl (C=O) groups is 2. The Kier molecular flexibility index (Phi) is 2.62. The molecule has 5 nitrogen and oxygen atoms in total. The van der Waals surface area contributed by atoms with Gasteiger partial charge in [-0.15, -0.1) is 0 Å². The largest absolute Gasteiger partial charge is 0.508 e. The van der Waals surface area contributed by atoms with Crippen LogP contribution in [0.5, 0.6) is 5.75 Å². The van der Waals surface area contributed by atoms with Crippen molar-refractivity contribution in [3.8, 4) is 5.75 Å². The van der Waals surface area contributed by atoms with Crippen LogP contribution >= 0.6 is 0 Å². The third kappa shape index (κ3) is 1.65. The van der Waals surface area contributed by atoms with Crippen LogP contribution in [0.15, 0.2) is 18.2 Å². The molecule has 16 heavy (non-hydrogen) atoms. The Morgan fingerprint density at radius 3 is 2.75 bits per heavy atom. The lowest BCUT2D eigenvalue weighted by Gasteiger charge is -2.23. The van der Waals surface area contributed by atoms with E-state index in [1.165, 1.54) is 18.2 Å². The molecule has 0 bridgehead atoms. The normalized spacial score (nSPS) is 19.2. The van der Waals surface area contributed by atoms with Gasteiger partial charge in [0.1, 0.15) is 5.75 Å². The number of benzene rings is 1. The first kappa shape index (κ1) is 10.6. The molecule has 1 aliphatic rings. The third-order valence-electron chi connectivity index (χ3n) is 2.59. The summed E-state index contributed by atoms with van der Waals surface area (Å²) in [6.07, 6.45) is 0.402. The van der Waals surface area contributed by atoms with E-state index in [1.807, 2.05) is 0 Å². The van der Waals surface area contributed by atoms with Crippen molar-refractivity contribution >= 4 is 11.7 Å². The fourth-order valence-corrected chi connectivity index (χ4v) is 1.79. The Hall–Kier alpha value is -1.88. The average molecular weight is 220 g/mol. The second-order valence-electron chi connectivity index (χ2n) is 3.70. The first-order chi connectivity index (χ1) is 7.63. The molecule has 1 heterocycles. The predicted octanol–water partition coefficient (Wildman–Crippen LogP) is 0.0357. The van der Waals surface area contributed by atoms with Crippen LogP contribution in [0.3, 0.4) is 0 Å². The van der Waals surface area contributed by atoms with Gasteiger partial charge in [-0.1, -0.05) is 0 Å². The van der Waals surface area contributed by atoms with Crippen molar-refractivity contribution < 1.29 is 14.7 Å². The van der Waals surface area contributed by atoms with Crippen LogP contribution in [-0.2, 0) is 0 Å². The van der Waals surface area contributed by atoms with Gasteiger partial charge in [0.2, 0.25) is 0 Å². The van der Waals surface area contributed by atoms with Gasteiger partial charge in [-0.3, -0.25) is 9.59 Å². The maximum atomic E-state index is 11.9. The van der Waals surface area contributed by atoms with Crippen molar-refractivity contribution in [2.75, 3.05) is 6.54 Å². The molecule has 1 atom stereocenters. The quantitative estimate of drug-likeness (QED) is 0.656. The van der Waals surface area contributed by atoms with Crippen LogP contribution in [-0.4, -0.2) is 29.4 Å². The Morgan fingerprint density at radius 2 is 2.06 bits per heavy atom. The van der Waals surface area contributed by atoms with Crippen LogP contribution in [0.2, 0.25) is 0 Å². The lowest BCUT2D eigenvalue weighted by Crippen LogP contribution is -2.47. The molecule has 5 heteroatoms. The molecule has 0 aromatic heterocycles. The number of nitrogens with one attached hydrogen (secondary N) is 1. The molecule has 0 fully saturated rings. The molecular weight excluding hydrogens is 208 g/mol. The first-order valence-corrected chi connectivity index (χ1v) is 5.01. The highest BCUT2D eigenvalue weighted by molar-refractivity contribution is 6.15. The highest BCUT2D eigenvalue weighted by Gasteiger charge is 2.31. The van der Waals surface area contributed by atoms with E-state index in [0.717, 1.165) is 0 Å². The second kappa shape index (κ2) is 3.94. The fraction of sp³-hybridized carbons (Fsp3) is 0.273. The monoisotopic (exact) mass is 220 g/mol. The van der Waals surface area contributed by atoms with E-state index >= 15 is 0 Å². The van der Waals surface area contributed by atoms with Gasteiger partial charge in [-0.2, -0.15) is 0 Å². The zero-order valence-electron chi connectivity index (χ0n) is 8.56. The van der Waals surface area contributed by atoms with Gasteiger partial charge in [-0.05, 0) is 31.2 Å². The zero-order valence-corrected chi connectivity index (χ0v) is 8.56. The topological polar surface area (TPSA) is 92.4 Å². The number of phenolic OH excluding ortho intramolecular Hbond substituents is 1. The molecule has 0 unspecified atom stereocenters. The highest BCUT2D eigenvalue weighted by atomic mass is 16.3. The number of hydrogen-bond acceptors (Lipinski definition) is 4. The van der Waals surface area contributed by atoms with Gasteiger partial charge in [0.15, 0.2) is 5.78 Å². The maximum Gasteiger partial charge on any atom is 0.252 e. The minimum Gasteiger partial charge on any atom is -0.508 e. The molecule has 0 radical (unpaired) electrons. The molecule has 1 aliphatic heterocycles. The summed E-state index contributed by atoms with van der Waals surface area (Å²) in [5.41, 5.74) is 5.93. The molecular formula is C11H12N2O3. The highest BCUT2D eigenvalue weighted by Crippen LogP contribution is 2.22. The number of fused-ring (bicyclic) bond motifs is 1. The molecule has 0 saturated carbocycles. The maximum absolute atomic E-state index is 11.9. The van der Waals surface area contributed by atoms with E-state index in [9.17, 15) is 14.7 Å². The second-order valence-corrected chi connectivity index (χ2v) is 3.70. The zero-order chi connectivity index (χ0) is 11.7. The lowest BCUT2D eigenvalue weighted by molar-refractivity contribution is 0.0824. The molecule has 1 amide bonds. The molecule has 0 saturated heterocycles. The number of carbonyl (C=O) groups excluding carboxylic acids is 2. The molecule has 2 rings (SSSR count). The third-order valence-corrected chi connectivity index (χ3v) is 2.59. The van der Waals surface area contributed by atoms with Crippen LogP contribution in [0.1, 0.15) is 27.1 Å². The van der Waals surface area contributed by atoms with Crippen LogP contribution < -0.4 is 11.1 Å². The van der Waals surface area contributed by atoms with Gasteiger partial charge in [0.05, 0.1) is 11.6 Å². The summed E-state index contributed by atoms with van der Waals surface area (Å²) in [6.45, 7) is 0.324. The van der Waals surface area contributed by atoms with Gasteiger partial charge in [0, 0.05) is 5.56 Å². The van der Waals surface area contributed by atoms with Crippen LogP contribution in [0.25, 0.3) is 0 Å². The fourth-order valence-electron chi connectivity index (χ4n) is 1.79.